The number of halogens is 6. The highest BCUT2D eigenvalue weighted by Crippen LogP contribution is 2.33. The monoisotopic (exact) mass is 591 g/mol. The Labute approximate surface area is 230 Å². The number of benzene rings is 1. The normalized spacial score (nSPS) is 12.6. The van der Waals surface area contributed by atoms with Gasteiger partial charge in [0.05, 0.1) is 31.0 Å². The molecule has 15 heteroatoms. The molecule has 0 saturated heterocycles. The van der Waals surface area contributed by atoms with E-state index < -0.39 is 36.7 Å². The van der Waals surface area contributed by atoms with Gasteiger partial charge in [-0.2, -0.15) is 13.2 Å². The third-order valence-electron chi connectivity index (χ3n) is 5.96. The minimum absolute atomic E-state index is 0.0159. The molecule has 3 rings (SSSR count). The lowest BCUT2D eigenvalue weighted by Gasteiger charge is -2.27. The van der Waals surface area contributed by atoms with E-state index in [1.165, 1.54) is 37.4 Å². The molecule has 0 aliphatic heterocycles. The van der Waals surface area contributed by atoms with Crippen molar-refractivity contribution in [3.05, 3.63) is 59.0 Å². The molecular formula is C25H27F6N5O3S. The van der Waals surface area contributed by atoms with Crippen LogP contribution >= 0.6 is 12.3 Å². The molecule has 0 saturated carbocycles. The fraction of sp³-hybridized carbons (Fsp3) is 0.440. The van der Waals surface area contributed by atoms with Crippen molar-refractivity contribution in [1.29, 1.82) is 0 Å². The van der Waals surface area contributed by atoms with Crippen LogP contribution in [-0.2, 0) is 17.7 Å². The van der Waals surface area contributed by atoms with Crippen molar-refractivity contribution >= 4 is 35.7 Å². The average molecular weight is 592 g/mol. The fourth-order valence-corrected chi connectivity index (χ4v) is 4.12. The third kappa shape index (κ3) is 7.52. The molecule has 0 atom stereocenters. The number of pyridine rings is 1. The number of alkyl halides is 5. The van der Waals surface area contributed by atoms with Crippen molar-refractivity contribution in [2.24, 2.45) is 0 Å². The maximum Gasteiger partial charge on any atom is 0.416 e. The smallest absolute Gasteiger partial charge is 0.366 e. The summed E-state index contributed by atoms with van der Waals surface area (Å²) in [5.41, 5.74) is -1.64. The lowest BCUT2D eigenvalue weighted by molar-refractivity contribution is -0.263. The molecule has 40 heavy (non-hydrogen) atoms. The van der Waals surface area contributed by atoms with Crippen LogP contribution in [0.5, 0.6) is 0 Å². The molecule has 0 aliphatic rings. The Hall–Kier alpha value is -3.17. The molecular weight excluding hydrogens is 564 g/mol. The van der Waals surface area contributed by atoms with E-state index in [-0.39, 0.29) is 60.0 Å². The second kappa shape index (κ2) is 12.6. The van der Waals surface area contributed by atoms with Gasteiger partial charge in [0.2, 0.25) is 0 Å². The first-order chi connectivity index (χ1) is 18.7. The van der Waals surface area contributed by atoms with E-state index in [2.05, 4.69) is 15.3 Å². The second-order valence-electron chi connectivity index (χ2n) is 9.47. The first-order valence-electron chi connectivity index (χ1n) is 11.9. The highest BCUT2D eigenvalue weighted by Gasteiger charge is 2.48. The van der Waals surface area contributed by atoms with Crippen LogP contribution in [0.4, 0.5) is 25.8 Å². The van der Waals surface area contributed by atoms with E-state index >= 15 is 0 Å². The minimum Gasteiger partial charge on any atom is -0.366 e. The summed E-state index contributed by atoms with van der Waals surface area (Å²) in [6, 6.07) is 8.82. The van der Waals surface area contributed by atoms with E-state index in [0.29, 0.717) is 12.0 Å². The highest BCUT2D eigenvalue weighted by molar-refractivity contribution is 7.92. The molecule has 0 unspecified atom stereocenters. The van der Waals surface area contributed by atoms with Crippen LogP contribution in [0.25, 0.3) is 11.2 Å². The van der Waals surface area contributed by atoms with E-state index in [0.717, 1.165) is 22.7 Å². The Balaban J connectivity index is 1.60. The van der Waals surface area contributed by atoms with E-state index in [9.17, 15) is 35.4 Å². The largest absolute Gasteiger partial charge is 0.416 e. The SMILES string of the molecule is CN(CC(F)(F)CNCc1ccc2c(n1)nc(CCOC(C)(C)C(F)(F)F)n2SF)C(=O)c1ccccc1C=O. The minimum atomic E-state index is -4.59. The Morgan fingerprint density at radius 2 is 1.82 bits per heavy atom. The van der Waals surface area contributed by atoms with E-state index in [1.54, 1.807) is 6.07 Å². The van der Waals surface area contributed by atoms with Crippen molar-refractivity contribution < 1.29 is 40.2 Å². The van der Waals surface area contributed by atoms with Gasteiger partial charge in [-0.25, -0.2) is 22.7 Å². The van der Waals surface area contributed by atoms with Gasteiger partial charge in [-0.3, -0.25) is 9.59 Å². The molecule has 0 fully saturated rings. The van der Waals surface area contributed by atoms with Gasteiger partial charge < -0.3 is 15.0 Å². The van der Waals surface area contributed by atoms with Gasteiger partial charge in [0.15, 0.2) is 29.9 Å². The number of aromatic nitrogens is 3. The standard InChI is InChI=1S/C25H27F6N5O3S/c1-23(2,25(28,29)30)39-11-10-20-34-21-19(36(20)40-31)9-8-17(33-21)12-32-14-24(26,27)15-35(3)22(38)18-7-5-4-6-16(18)13-37/h4-9,13,32H,10-12,14-15H2,1-3H3. The summed E-state index contributed by atoms with van der Waals surface area (Å²) in [5.74, 6) is -3.96. The lowest BCUT2D eigenvalue weighted by atomic mass is 10.1. The Morgan fingerprint density at radius 3 is 2.48 bits per heavy atom. The predicted molar refractivity (Wildman–Crippen MR) is 137 cm³/mol. The van der Waals surface area contributed by atoms with Crippen LogP contribution in [0.2, 0.25) is 0 Å². The molecule has 2 aromatic heterocycles. The Kier molecular flexibility index (Phi) is 9.85. The van der Waals surface area contributed by atoms with Gasteiger partial charge in [-0.1, -0.05) is 18.2 Å². The number of hydrogen-bond acceptors (Lipinski definition) is 7. The van der Waals surface area contributed by atoms with Gasteiger partial charge >= 0.3 is 6.18 Å². The number of fused-ring (bicyclic) bond motifs is 1. The van der Waals surface area contributed by atoms with Gasteiger partial charge in [-0.05, 0) is 32.0 Å². The molecule has 3 aromatic rings. The zero-order chi connectivity index (χ0) is 29.7. The van der Waals surface area contributed by atoms with Crippen LogP contribution in [0.3, 0.4) is 0 Å². The first-order valence-corrected chi connectivity index (χ1v) is 12.6. The van der Waals surface area contributed by atoms with Gasteiger partial charge in [0, 0.05) is 25.6 Å². The summed E-state index contributed by atoms with van der Waals surface area (Å²) < 4.78 is 87.7. The van der Waals surface area contributed by atoms with Crippen molar-refractivity contribution in [3.63, 3.8) is 0 Å². The van der Waals surface area contributed by atoms with Crippen LogP contribution in [0.15, 0.2) is 36.4 Å². The number of hydrogen-bond donors (Lipinski definition) is 1. The zero-order valence-electron chi connectivity index (χ0n) is 21.8. The summed E-state index contributed by atoms with van der Waals surface area (Å²) in [6.07, 6.45) is -4.24. The number of ether oxygens (including phenoxy) is 1. The zero-order valence-corrected chi connectivity index (χ0v) is 22.6. The molecule has 0 aliphatic carbocycles. The van der Waals surface area contributed by atoms with Crippen molar-refractivity contribution in [1.82, 2.24) is 24.2 Å². The summed E-state index contributed by atoms with van der Waals surface area (Å²) in [6.45, 7) is -0.429. The Morgan fingerprint density at radius 1 is 1.12 bits per heavy atom. The van der Waals surface area contributed by atoms with Crippen LogP contribution < -0.4 is 5.32 Å². The molecule has 0 bridgehead atoms. The summed E-state index contributed by atoms with van der Waals surface area (Å²) in [7, 11) is 1.21. The maximum absolute atomic E-state index is 14.6. The number of nitrogens with one attached hydrogen (secondary N) is 1. The predicted octanol–water partition coefficient (Wildman–Crippen LogP) is 5.02. The number of carbonyl (C=O) groups is 2. The number of nitrogens with zero attached hydrogens (tertiary/aromatic N) is 4. The van der Waals surface area contributed by atoms with Crippen molar-refractivity contribution in [2.45, 2.75) is 44.5 Å². The maximum atomic E-state index is 14.6. The number of imidazole rings is 1. The first kappa shape index (κ1) is 31.4. The topological polar surface area (TPSA) is 89.3 Å². The average Bonchev–Trinajstić information content (AvgIpc) is 3.23. The third-order valence-corrected chi connectivity index (χ3v) is 6.51. The highest BCUT2D eigenvalue weighted by atomic mass is 32.2. The van der Waals surface area contributed by atoms with Crippen molar-refractivity contribution in [2.75, 3.05) is 26.7 Å². The van der Waals surface area contributed by atoms with Crippen molar-refractivity contribution in [3.8, 4) is 0 Å². The summed E-state index contributed by atoms with van der Waals surface area (Å²) in [4.78, 5) is 32.9. The number of aldehydes is 1. The van der Waals surface area contributed by atoms with Crippen LogP contribution in [0.1, 0.15) is 46.1 Å². The second-order valence-corrected chi connectivity index (χ2v) is 9.97. The number of carbonyl (C=O) groups excluding carboxylic acids is 2. The molecule has 1 amide bonds. The summed E-state index contributed by atoms with van der Waals surface area (Å²) in [5, 5.41) is 2.57. The van der Waals surface area contributed by atoms with Gasteiger partial charge in [-0.15, -0.1) is 3.89 Å². The number of rotatable bonds is 13. The molecule has 1 aromatic carbocycles. The van der Waals surface area contributed by atoms with Crippen LogP contribution in [0, 0.1) is 0 Å². The van der Waals surface area contributed by atoms with Gasteiger partial charge in [0.1, 0.15) is 11.3 Å². The fourth-order valence-electron chi connectivity index (χ4n) is 3.69. The summed E-state index contributed by atoms with van der Waals surface area (Å²) >= 11 is -0.199. The number of amides is 1. The molecule has 0 spiro atoms. The molecule has 2 heterocycles. The quantitative estimate of drug-likeness (QED) is 0.221. The lowest BCUT2D eigenvalue weighted by Crippen LogP contribution is -2.44. The Bertz CT molecular complexity index is 1350. The van der Waals surface area contributed by atoms with Crippen LogP contribution in [-0.4, -0.2) is 75.5 Å². The van der Waals surface area contributed by atoms with E-state index in [4.69, 9.17) is 4.74 Å². The molecule has 0 radical (unpaired) electrons. The molecule has 1 N–H and O–H groups in total. The molecule has 218 valence electrons. The molecule has 8 nitrogen and oxygen atoms in total. The van der Waals surface area contributed by atoms with Gasteiger partial charge in [0.25, 0.3) is 11.8 Å². The van der Waals surface area contributed by atoms with E-state index in [1.807, 2.05) is 0 Å².